The Labute approximate surface area is 141 Å². The molecule has 1 atom stereocenters. The molecule has 0 aliphatic rings. The third kappa shape index (κ3) is 3.97. The largest absolute Gasteiger partial charge is 0.383 e. The number of aromatic nitrogens is 2. The fraction of sp³-hybridized carbons (Fsp3) is 0.308. The predicted octanol–water partition coefficient (Wildman–Crippen LogP) is 3.15. The molecular weight excluding hydrogens is 379 g/mol. The van der Waals surface area contributed by atoms with Crippen molar-refractivity contribution in [1.82, 2.24) is 15.2 Å². The molecule has 8 heteroatoms. The van der Waals surface area contributed by atoms with Crippen molar-refractivity contribution >= 4 is 39.1 Å². The fourth-order valence-electron chi connectivity index (χ4n) is 2.09. The number of rotatable bonds is 6. The van der Waals surface area contributed by atoms with Gasteiger partial charge in [-0.05, 0) is 39.7 Å². The van der Waals surface area contributed by atoms with Gasteiger partial charge in [0.15, 0.2) is 0 Å². The molecule has 0 saturated heterocycles. The van der Waals surface area contributed by atoms with E-state index in [1.54, 1.807) is 19.4 Å². The number of ether oxygens (including phenoxy) is 1. The maximum Gasteiger partial charge on any atom is 0.0890 e. The van der Waals surface area contributed by atoms with Crippen molar-refractivity contribution in [2.75, 3.05) is 13.7 Å². The molecule has 0 spiro atoms. The molecular formula is C13H15BrCl2N4O. The quantitative estimate of drug-likeness (QED) is 0.584. The topological polar surface area (TPSA) is 65.1 Å². The smallest absolute Gasteiger partial charge is 0.0890 e. The Morgan fingerprint density at radius 3 is 2.62 bits per heavy atom. The minimum absolute atomic E-state index is 0.296. The summed E-state index contributed by atoms with van der Waals surface area (Å²) in [5, 5.41) is 5.43. The molecule has 1 aromatic heterocycles. The van der Waals surface area contributed by atoms with Crippen LogP contribution >= 0.6 is 39.1 Å². The van der Waals surface area contributed by atoms with E-state index in [2.05, 4.69) is 26.5 Å². The molecule has 0 fully saturated rings. The molecule has 21 heavy (non-hydrogen) atoms. The van der Waals surface area contributed by atoms with E-state index in [1.165, 1.54) is 0 Å². The number of methoxy groups -OCH3 is 1. The highest BCUT2D eigenvalue weighted by Gasteiger charge is 2.21. The van der Waals surface area contributed by atoms with Crippen LogP contribution in [0.1, 0.15) is 17.3 Å². The average molecular weight is 394 g/mol. The molecule has 114 valence electrons. The highest BCUT2D eigenvalue weighted by molar-refractivity contribution is 9.10. The zero-order valence-corrected chi connectivity index (χ0v) is 14.4. The molecule has 2 aromatic rings. The van der Waals surface area contributed by atoms with Crippen molar-refractivity contribution in [1.29, 1.82) is 0 Å². The molecule has 1 unspecified atom stereocenters. The standard InChI is InChI=1S/C13H15BrCl2N4O/c1-21-3-2-20-13(11(14)7-18-20)12(19-17)8-4-9(15)6-10(16)5-8/h4-7,12,19H,2-3,17H2,1H3. The lowest BCUT2D eigenvalue weighted by atomic mass is 10.0. The molecule has 3 N–H and O–H groups in total. The Kier molecular flexibility index (Phi) is 6.04. The van der Waals surface area contributed by atoms with Crippen LogP contribution < -0.4 is 11.3 Å². The summed E-state index contributed by atoms with van der Waals surface area (Å²) in [6.07, 6.45) is 1.72. The molecule has 2 rings (SSSR count). The minimum Gasteiger partial charge on any atom is -0.383 e. The zero-order chi connectivity index (χ0) is 15.4. The summed E-state index contributed by atoms with van der Waals surface area (Å²) < 4.78 is 7.77. The van der Waals surface area contributed by atoms with Crippen LogP contribution in [0.15, 0.2) is 28.9 Å². The van der Waals surface area contributed by atoms with Gasteiger partial charge in [0.25, 0.3) is 0 Å². The van der Waals surface area contributed by atoms with Gasteiger partial charge < -0.3 is 4.74 Å². The molecule has 1 heterocycles. The lowest BCUT2D eigenvalue weighted by molar-refractivity contribution is 0.182. The van der Waals surface area contributed by atoms with Gasteiger partial charge in [-0.25, -0.2) is 5.43 Å². The summed E-state index contributed by atoms with van der Waals surface area (Å²) in [5.74, 6) is 5.73. The van der Waals surface area contributed by atoms with Crippen molar-refractivity contribution in [3.05, 3.63) is 50.2 Å². The predicted molar refractivity (Wildman–Crippen MR) is 87.4 cm³/mol. The molecule has 0 aliphatic heterocycles. The third-order valence-corrected chi connectivity index (χ3v) is 4.05. The van der Waals surface area contributed by atoms with Gasteiger partial charge >= 0.3 is 0 Å². The van der Waals surface area contributed by atoms with E-state index in [1.807, 2.05) is 16.8 Å². The van der Waals surface area contributed by atoms with Gasteiger partial charge in [0.2, 0.25) is 0 Å². The second-order valence-electron chi connectivity index (χ2n) is 4.40. The number of nitrogens with two attached hydrogens (primary N) is 1. The number of hydrogen-bond acceptors (Lipinski definition) is 4. The van der Waals surface area contributed by atoms with Crippen molar-refractivity contribution in [2.24, 2.45) is 5.84 Å². The first-order valence-electron chi connectivity index (χ1n) is 6.19. The number of nitrogens with one attached hydrogen (secondary N) is 1. The molecule has 0 radical (unpaired) electrons. The Hall–Kier alpha value is -0.630. The number of hydrazine groups is 1. The lowest BCUT2D eigenvalue weighted by Gasteiger charge is -2.19. The van der Waals surface area contributed by atoms with Crippen molar-refractivity contribution in [3.8, 4) is 0 Å². The Bertz CT molecular complexity index is 600. The molecule has 0 aliphatic carbocycles. The molecule has 0 amide bonds. The van der Waals surface area contributed by atoms with Crippen molar-refractivity contribution < 1.29 is 4.74 Å². The first-order valence-corrected chi connectivity index (χ1v) is 7.74. The van der Waals surface area contributed by atoms with Crippen LogP contribution in [-0.2, 0) is 11.3 Å². The van der Waals surface area contributed by atoms with Gasteiger partial charge in [-0.1, -0.05) is 23.2 Å². The van der Waals surface area contributed by atoms with E-state index in [0.29, 0.717) is 23.2 Å². The third-order valence-electron chi connectivity index (χ3n) is 3.00. The van der Waals surface area contributed by atoms with E-state index in [4.69, 9.17) is 33.8 Å². The van der Waals surface area contributed by atoms with Crippen LogP contribution in [0, 0.1) is 0 Å². The summed E-state index contributed by atoms with van der Waals surface area (Å²) in [4.78, 5) is 0. The molecule has 0 saturated carbocycles. The summed E-state index contributed by atoms with van der Waals surface area (Å²) in [7, 11) is 1.65. The van der Waals surface area contributed by atoms with Crippen molar-refractivity contribution in [3.63, 3.8) is 0 Å². The normalized spacial score (nSPS) is 12.6. The lowest BCUT2D eigenvalue weighted by Crippen LogP contribution is -2.31. The van der Waals surface area contributed by atoms with E-state index >= 15 is 0 Å². The van der Waals surface area contributed by atoms with Gasteiger partial charge in [0.1, 0.15) is 0 Å². The Balaban J connectivity index is 2.43. The SMILES string of the molecule is COCCn1ncc(Br)c1C(NN)c1cc(Cl)cc(Cl)c1. The zero-order valence-electron chi connectivity index (χ0n) is 11.3. The van der Waals surface area contributed by atoms with Crippen LogP contribution in [0.5, 0.6) is 0 Å². The summed E-state index contributed by atoms with van der Waals surface area (Å²) in [6, 6.07) is 5.02. The minimum atomic E-state index is -0.296. The number of nitrogens with zero attached hydrogens (tertiary/aromatic N) is 2. The number of hydrogen-bond donors (Lipinski definition) is 2. The van der Waals surface area contributed by atoms with E-state index in [-0.39, 0.29) is 6.04 Å². The van der Waals surface area contributed by atoms with Crippen LogP contribution in [0.3, 0.4) is 0 Å². The summed E-state index contributed by atoms with van der Waals surface area (Å²) >= 11 is 15.6. The monoisotopic (exact) mass is 392 g/mol. The number of halogens is 3. The molecule has 0 bridgehead atoms. The highest BCUT2D eigenvalue weighted by Crippen LogP contribution is 2.31. The fourth-order valence-corrected chi connectivity index (χ4v) is 3.16. The number of benzene rings is 1. The molecule has 1 aromatic carbocycles. The van der Waals surface area contributed by atoms with Gasteiger partial charge in [-0.2, -0.15) is 5.10 Å². The van der Waals surface area contributed by atoms with Crippen LogP contribution in [0.25, 0.3) is 0 Å². The van der Waals surface area contributed by atoms with Crippen molar-refractivity contribution in [2.45, 2.75) is 12.6 Å². The maximum atomic E-state index is 6.07. The summed E-state index contributed by atoms with van der Waals surface area (Å²) in [6.45, 7) is 1.17. The first-order chi connectivity index (χ1) is 10.1. The van der Waals surface area contributed by atoms with Gasteiger partial charge in [-0.15, -0.1) is 0 Å². The highest BCUT2D eigenvalue weighted by atomic mass is 79.9. The molecule has 5 nitrogen and oxygen atoms in total. The van der Waals surface area contributed by atoms with E-state index < -0.39 is 0 Å². The Morgan fingerprint density at radius 1 is 1.38 bits per heavy atom. The summed E-state index contributed by atoms with van der Waals surface area (Å²) in [5.41, 5.74) is 4.52. The van der Waals surface area contributed by atoms with E-state index in [9.17, 15) is 0 Å². The van der Waals surface area contributed by atoms with Gasteiger partial charge in [-0.3, -0.25) is 10.5 Å². The van der Waals surface area contributed by atoms with Crippen LogP contribution in [-0.4, -0.2) is 23.5 Å². The Morgan fingerprint density at radius 2 is 2.05 bits per heavy atom. The maximum absolute atomic E-state index is 6.07. The van der Waals surface area contributed by atoms with Crippen LogP contribution in [0.4, 0.5) is 0 Å². The second kappa shape index (κ2) is 7.58. The average Bonchev–Trinajstić information content (AvgIpc) is 2.78. The first kappa shape index (κ1) is 16.7. The van der Waals surface area contributed by atoms with Gasteiger partial charge in [0, 0.05) is 17.2 Å². The van der Waals surface area contributed by atoms with Gasteiger partial charge in [0.05, 0.1) is 35.6 Å². The second-order valence-corrected chi connectivity index (χ2v) is 6.12. The van der Waals surface area contributed by atoms with Crippen LogP contribution in [0.2, 0.25) is 10.0 Å². The van der Waals surface area contributed by atoms with E-state index in [0.717, 1.165) is 15.7 Å².